The number of nitrogens with one attached hydrogen (secondary N) is 2. The van der Waals surface area contributed by atoms with Gasteiger partial charge in [-0.2, -0.15) is 5.10 Å². The molecule has 1 amide bonds. The van der Waals surface area contributed by atoms with Crippen molar-refractivity contribution in [3.63, 3.8) is 0 Å². The lowest BCUT2D eigenvalue weighted by Crippen LogP contribution is -2.15. The highest BCUT2D eigenvalue weighted by Crippen LogP contribution is 2.13. The summed E-state index contributed by atoms with van der Waals surface area (Å²) in [6.45, 7) is 5.72. The predicted octanol–water partition coefficient (Wildman–Crippen LogP) is 1.76. The van der Waals surface area contributed by atoms with Crippen molar-refractivity contribution in [1.82, 2.24) is 15.2 Å². The molecular weight excluding hydrogens is 232 g/mol. The van der Waals surface area contributed by atoms with Crippen LogP contribution in [0.2, 0.25) is 0 Å². The summed E-state index contributed by atoms with van der Waals surface area (Å²) in [6, 6.07) is 0.246. The summed E-state index contributed by atoms with van der Waals surface area (Å²) < 4.78 is 5.32. The monoisotopic (exact) mass is 248 g/mol. The zero-order valence-corrected chi connectivity index (χ0v) is 10.7. The van der Waals surface area contributed by atoms with Gasteiger partial charge in [-0.15, -0.1) is 0 Å². The standard InChI is InChI=1S/C12H16N4O2/c1-4-9-6-13-12(18-9)14-11(17)5-10-7(2)15-16-8(10)3/h6H,4-5H2,1-3H3,(H,15,16)(H,13,14,17). The Morgan fingerprint density at radius 3 is 2.83 bits per heavy atom. The summed E-state index contributed by atoms with van der Waals surface area (Å²) in [4.78, 5) is 15.8. The minimum Gasteiger partial charge on any atom is -0.429 e. The second-order valence-corrected chi connectivity index (χ2v) is 4.12. The summed E-state index contributed by atoms with van der Waals surface area (Å²) >= 11 is 0. The molecule has 0 aliphatic heterocycles. The first-order chi connectivity index (χ1) is 8.60. The van der Waals surface area contributed by atoms with Crippen LogP contribution in [0.15, 0.2) is 10.6 Å². The number of anilines is 1. The Bertz CT molecular complexity index is 537. The van der Waals surface area contributed by atoms with Gasteiger partial charge in [0.2, 0.25) is 5.91 Å². The number of nitrogens with zero attached hydrogens (tertiary/aromatic N) is 2. The molecule has 0 saturated carbocycles. The average Bonchev–Trinajstić information content (AvgIpc) is 2.91. The lowest BCUT2D eigenvalue weighted by molar-refractivity contribution is -0.115. The fraction of sp³-hybridized carbons (Fsp3) is 0.417. The third kappa shape index (κ3) is 2.58. The second kappa shape index (κ2) is 5.03. The molecular formula is C12H16N4O2. The van der Waals surface area contributed by atoms with Gasteiger partial charge in [0.15, 0.2) is 0 Å². The van der Waals surface area contributed by atoms with Crippen molar-refractivity contribution < 1.29 is 9.21 Å². The van der Waals surface area contributed by atoms with Crippen LogP contribution < -0.4 is 5.32 Å². The Balaban J connectivity index is 2.01. The van der Waals surface area contributed by atoms with Gasteiger partial charge in [-0.1, -0.05) is 6.92 Å². The van der Waals surface area contributed by atoms with Gasteiger partial charge in [0.05, 0.1) is 18.3 Å². The van der Waals surface area contributed by atoms with Crippen molar-refractivity contribution >= 4 is 11.9 Å². The normalized spacial score (nSPS) is 10.6. The number of oxazole rings is 1. The zero-order chi connectivity index (χ0) is 13.1. The number of aryl methyl sites for hydroxylation is 3. The number of hydrogen-bond acceptors (Lipinski definition) is 4. The molecule has 2 aromatic heterocycles. The third-order valence-electron chi connectivity index (χ3n) is 2.77. The van der Waals surface area contributed by atoms with Crippen molar-refractivity contribution in [2.24, 2.45) is 0 Å². The summed E-state index contributed by atoms with van der Waals surface area (Å²) in [6.07, 6.45) is 2.63. The number of H-pyrrole nitrogens is 1. The quantitative estimate of drug-likeness (QED) is 0.863. The molecule has 0 aliphatic rings. The summed E-state index contributed by atoms with van der Waals surface area (Å²) in [5.41, 5.74) is 2.66. The van der Waals surface area contributed by atoms with E-state index in [1.165, 1.54) is 0 Å². The van der Waals surface area contributed by atoms with Gasteiger partial charge in [-0.05, 0) is 13.8 Å². The van der Waals surface area contributed by atoms with Gasteiger partial charge < -0.3 is 4.42 Å². The Morgan fingerprint density at radius 2 is 2.28 bits per heavy atom. The van der Waals surface area contributed by atoms with Crippen molar-refractivity contribution in [2.45, 2.75) is 33.6 Å². The van der Waals surface area contributed by atoms with E-state index in [9.17, 15) is 4.79 Å². The molecule has 0 radical (unpaired) electrons. The van der Waals surface area contributed by atoms with Crippen LogP contribution in [0.1, 0.15) is 29.6 Å². The van der Waals surface area contributed by atoms with E-state index in [0.29, 0.717) is 0 Å². The van der Waals surface area contributed by atoms with Crippen molar-refractivity contribution in [1.29, 1.82) is 0 Å². The van der Waals surface area contributed by atoms with Crippen LogP contribution in [0.4, 0.5) is 6.01 Å². The molecule has 2 N–H and O–H groups in total. The molecule has 0 fully saturated rings. The number of amides is 1. The van der Waals surface area contributed by atoms with Crippen LogP contribution in [-0.2, 0) is 17.6 Å². The molecule has 0 atom stereocenters. The molecule has 2 rings (SSSR count). The molecule has 18 heavy (non-hydrogen) atoms. The molecule has 96 valence electrons. The largest absolute Gasteiger partial charge is 0.429 e. The van der Waals surface area contributed by atoms with Crippen molar-refractivity contribution in [2.75, 3.05) is 5.32 Å². The number of hydrogen-bond donors (Lipinski definition) is 2. The fourth-order valence-electron chi connectivity index (χ4n) is 1.69. The van der Waals surface area contributed by atoms with E-state index in [0.717, 1.165) is 29.1 Å². The first-order valence-electron chi connectivity index (χ1n) is 5.85. The molecule has 0 unspecified atom stereocenters. The Morgan fingerprint density at radius 1 is 1.50 bits per heavy atom. The van der Waals surface area contributed by atoms with Crippen LogP contribution >= 0.6 is 0 Å². The molecule has 0 bridgehead atoms. The summed E-state index contributed by atoms with van der Waals surface area (Å²) in [5.74, 6) is 0.591. The number of aromatic amines is 1. The van der Waals surface area contributed by atoms with Gasteiger partial charge >= 0.3 is 6.01 Å². The van der Waals surface area contributed by atoms with E-state index in [1.807, 2.05) is 20.8 Å². The minimum absolute atomic E-state index is 0.160. The highest BCUT2D eigenvalue weighted by Gasteiger charge is 2.13. The predicted molar refractivity (Wildman–Crippen MR) is 66.3 cm³/mol. The van der Waals surface area contributed by atoms with E-state index in [2.05, 4.69) is 20.5 Å². The lowest BCUT2D eigenvalue weighted by Gasteiger charge is -2.01. The first kappa shape index (κ1) is 12.3. The van der Waals surface area contributed by atoms with Crippen molar-refractivity contribution in [3.05, 3.63) is 28.9 Å². The Kier molecular flexibility index (Phi) is 3.45. The minimum atomic E-state index is -0.160. The van der Waals surface area contributed by atoms with Crippen LogP contribution in [-0.4, -0.2) is 21.1 Å². The molecule has 6 heteroatoms. The zero-order valence-electron chi connectivity index (χ0n) is 10.7. The van der Waals surface area contributed by atoms with Crippen LogP contribution in [0, 0.1) is 13.8 Å². The van der Waals surface area contributed by atoms with Crippen LogP contribution in [0.5, 0.6) is 0 Å². The van der Waals surface area contributed by atoms with E-state index < -0.39 is 0 Å². The van der Waals surface area contributed by atoms with E-state index in [1.54, 1.807) is 6.20 Å². The third-order valence-corrected chi connectivity index (χ3v) is 2.77. The number of carbonyl (C=O) groups is 1. The van der Waals surface area contributed by atoms with Gasteiger partial charge in [0.25, 0.3) is 0 Å². The maximum Gasteiger partial charge on any atom is 0.301 e. The van der Waals surface area contributed by atoms with E-state index in [4.69, 9.17) is 4.42 Å². The van der Waals surface area contributed by atoms with Gasteiger partial charge in [-0.3, -0.25) is 15.2 Å². The maximum atomic E-state index is 11.8. The van der Waals surface area contributed by atoms with Gasteiger partial charge in [0, 0.05) is 17.7 Å². The molecule has 0 saturated heterocycles. The fourth-order valence-corrected chi connectivity index (χ4v) is 1.69. The lowest BCUT2D eigenvalue weighted by atomic mass is 10.1. The average molecular weight is 248 g/mol. The molecule has 2 heterocycles. The molecule has 0 aromatic carbocycles. The maximum absolute atomic E-state index is 11.8. The first-order valence-corrected chi connectivity index (χ1v) is 5.85. The summed E-state index contributed by atoms with van der Waals surface area (Å²) in [5, 5.41) is 9.53. The molecule has 0 spiro atoms. The highest BCUT2D eigenvalue weighted by atomic mass is 16.4. The Hall–Kier alpha value is -2.11. The molecule has 2 aromatic rings. The summed E-state index contributed by atoms with van der Waals surface area (Å²) in [7, 11) is 0. The van der Waals surface area contributed by atoms with E-state index in [-0.39, 0.29) is 18.3 Å². The van der Waals surface area contributed by atoms with Gasteiger partial charge in [0.1, 0.15) is 5.76 Å². The SMILES string of the molecule is CCc1cnc(NC(=O)Cc2c(C)n[nH]c2C)o1. The molecule has 6 nitrogen and oxygen atoms in total. The number of aromatic nitrogens is 3. The number of rotatable bonds is 4. The topological polar surface area (TPSA) is 83.8 Å². The van der Waals surface area contributed by atoms with Crippen LogP contribution in [0.25, 0.3) is 0 Å². The van der Waals surface area contributed by atoms with Gasteiger partial charge in [-0.25, -0.2) is 4.98 Å². The van der Waals surface area contributed by atoms with Crippen LogP contribution in [0.3, 0.4) is 0 Å². The highest BCUT2D eigenvalue weighted by molar-refractivity contribution is 5.90. The Labute approximate surface area is 105 Å². The van der Waals surface area contributed by atoms with Crippen molar-refractivity contribution in [3.8, 4) is 0 Å². The smallest absolute Gasteiger partial charge is 0.301 e. The molecule has 0 aliphatic carbocycles. The van der Waals surface area contributed by atoms with E-state index >= 15 is 0 Å². The number of carbonyl (C=O) groups excluding carboxylic acids is 1. The second-order valence-electron chi connectivity index (χ2n) is 4.12.